The standard InChI is InChI=1S/C7H7NO4S2/c9-4-1-2-5(10)8(4)12-6(11)7(13)3-14-7/h13H,1-3H2. The van der Waals surface area contributed by atoms with Crippen molar-refractivity contribution in [1.82, 2.24) is 5.06 Å². The summed E-state index contributed by atoms with van der Waals surface area (Å²) >= 11 is 5.34. The lowest BCUT2D eigenvalue weighted by molar-refractivity contribution is -0.196. The van der Waals surface area contributed by atoms with Crippen molar-refractivity contribution >= 4 is 42.2 Å². The van der Waals surface area contributed by atoms with Crippen molar-refractivity contribution in [2.75, 3.05) is 5.75 Å². The summed E-state index contributed by atoms with van der Waals surface area (Å²) in [4.78, 5) is 38.1. The Morgan fingerprint density at radius 3 is 2.36 bits per heavy atom. The second-order valence-corrected chi connectivity index (χ2v) is 5.37. The molecule has 2 heterocycles. The molecule has 2 aliphatic heterocycles. The van der Waals surface area contributed by atoms with Gasteiger partial charge < -0.3 is 4.84 Å². The number of hydroxylamine groups is 2. The van der Waals surface area contributed by atoms with Crippen LogP contribution < -0.4 is 0 Å². The second kappa shape index (κ2) is 3.16. The van der Waals surface area contributed by atoms with Gasteiger partial charge in [0.05, 0.1) is 0 Å². The van der Waals surface area contributed by atoms with E-state index in [0.29, 0.717) is 10.8 Å². The minimum absolute atomic E-state index is 0.110. The van der Waals surface area contributed by atoms with Gasteiger partial charge in [-0.3, -0.25) is 9.59 Å². The summed E-state index contributed by atoms with van der Waals surface area (Å²) < 4.78 is -0.858. The lowest BCUT2D eigenvalue weighted by Gasteiger charge is -2.13. The Bertz CT molecular complexity index is 310. The number of amides is 2. The van der Waals surface area contributed by atoms with Gasteiger partial charge >= 0.3 is 5.97 Å². The molecule has 0 radical (unpaired) electrons. The van der Waals surface area contributed by atoms with Crippen molar-refractivity contribution in [3.05, 3.63) is 0 Å². The van der Waals surface area contributed by atoms with Crippen LogP contribution in [0.4, 0.5) is 0 Å². The third-order valence-electron chi connectivity index (χ3n) is 1.92. The number of carbonyl (C=O) groups excluding carboxylic acids is 3. The van der Waals surface area contributed by atoms with Crippen LogP contribution in [0.15, 0.2) is 0 Å². The molecule has 2 fully saturated rings. The molecular formula is C7H7NO4S2. The lowest BCUT2D eigenvalue weighted by atomic mass is 10.4. The maximum absolute atomic E-state index is 11.3. The van der Waals surface area contributed by atoms with Crippen LogP contribution in [0, 0.1) is 0 Å². The smallest absolute Gasteiger partial charge is 0.328 e. The fourth-order valence-corrected chi connectivity index (χ4v) is 1.64. The van der Waals surface area contributed by atoms with E-state index in [9.17, 15) is 14.4 Å². The molecule has 2 amide bonds. The van der Waals surface area contributed by atoms with Gasteiger partial charge in [0.25, 0.3) is 11.8 Å². The summed E-state index contributed by atoms with van der Waals surface area (Å²) in [6.45, 7) is 0. The molecule has 2 rings (SSSR count). The highest BCUT2D eigenvalue weighted by atomic mass is 32.2. The maximum Gasteiger partial charge on any atom is 0.359 e. The molecule has 5 nitrogen and oxygen atoms in total. The Morgan fingerprint density at radius 2 is 1.93 bits per heavy atom. The number of nitrogens with zero attached hydrogens (tertiary/aromatic N) is 1. The number of hydrogen-bond acceptors (Lipinski definition) is 6. The molecule has 1 atom stereocenters. The average molecular weight is 233 g/mol. The molecule has 2 saturated heterocycles. The summed E-state index contributed by atoms with van der Waals surface area (Å²) in [5.41, 5.74) is 0. The molecule has 14 heavy (non-hydrogen) atoms. The minimum atomic E-state index is -0.858. The van der Waals surface area contributed by atoms with E-state index >= 15 is 0 Å². The minimum Gasteiger partial charge on any atom is -0.328 e. The second-order valence-electron chi connectivity index (χ2n) is 3.03. The highest BCUT2D eigenvalue weighted by Gasteiger charge is 2.52. The molecule has 2 aliphatic rings. The summed E-state index contributed by atoms with van der Waals surface area (Å²) in [5, 5.41) is 0.541. The summed E-state index contributed by atoms with van der Waals surface area (Å²) in [6.07, 6.45) is 0.220. The first kappa shape index (κ1) is 9.85. The molecule has 0 aromatic heterocycles. The zero-order valence-corrected chi connectivity index (χ0v) is 8.77. The monoisotopic (exact) mass is 233 g/mol. The summed E-state index contributed by atoms with van der Waals surface area (Å²) in [7, 11) is 0. The van der Waals surface area contributed by atoms with Crippen LogP contribution in [0.5, 0.6) is 0 Å². The molecule has 0 aromatic rings. The van der Waals surface area contributed by atoms with Crippen LogP contribution in [-0.4, -0.2) is 32.7 Å². The van der Waals surface area contributed by atoms with E-state index < -0.39 is 21.9 Å². The van der Waals surface area contributed by atoms with Crippen molar-refractivity contribution in [2.24, 2.45) is 0 Å². The lowest BCUT2D eigenvalue weighted by Crippen LogP contribution is -2.35. The molecule has 7 heteroatoms. The third kappa shape index (κ3) is 1.61. The maximum atomic E-state index is 11.3. The molecule has 0 aromatic carbocycles. The van der Waals surface area contributed by atoms with Gasteiger partial charge in [0.15, 0.2) is 4.08 Å². The topological polar surface area (TPSA) is 63.7 Å². The van der Waals surface area contributed by atoms with E-state index in [-0.39, 0.29) is 12.8 Å². The van der Waals surface area contributed by atoms with Gasteiger partial charge in [0.2, 0.25) is 0 Å². The van der Waals surface area contributed by atoms with Crippen LogP contribution in [0.1, 0.15) is 12.8 Å². The number of carbonyl (C=O) groups is 3. The van der Waals surface area contributed by atoms with E-state index in [1.54, 1.807) is 0 Å². The zero-order valence-electron chi connectivity index (χ0n) is 7.06. The van der Waals surface area contributed by atoms with Crippen LogP contribution in [0.25, 0.3) is 0 Å². The van der Waals surface area contributed by atoms with E-state index in [1.165, 1.54) is 11.8 Å². The van der Waals surface area contributed by atoms with Gasteiger partial charge in [-0.05, 0) is 0 Å². The fraction of sp³-hybridized carbons (Fsp3) is 0.571. The molecule has 0 bridgehead atoms. The van der Waals surface area contributed by atoms with E-state index in [1.807, 2.05) is 0 Å². The zero-order chi connectivity index (χ0) is 10.3. The first-order valence-electron chi connectivity index (χ1n) is 3.97. The van der Waals surface area contributed by atoms with Crippen molar-refractivity contribution in [2.45, 2.75) is 16.9 Å². The largest absolute Gasteiger partial charge is 0.359 e. The van der Waals surface area contributed by atoms with Gasteiger partial charge in [0.1, 0.15) is 0 Å². The van der Waals surface area contributed by atoms with Gasteiger partial charge in [-0.15, -0.1) is 29.5 Å². The van der Waals surface area contributed by atoms with Crippen LogP contribution in [0.2, 0.25) is 0 Å². The Morgan fingerprint density at radius 1 is 1.43 bits per heavy atom. The van der Waals surface area contributed by atoms with Crippen molar-refractivity contribution in [1.29, 1.82) is 0 Å². The van der Waals surface area contributed by atoms with Crippen molar-refractivity contribution in [3.8, 4) is 0 Å². The molecular weight excluding hydrogens is 226 g/mol. The van der Waals surface area contributed by atoms with Crippen LogP contribution in [0.3, 0.4) is 0 Å². The predicted octanol–water partition coefficient (Wildman–Crippen LogP) is -0.0335. The molecule has 0 saturated carbocycles. The predicted molar refractivity (Wildman–Crippen MR) is 51.4 cm³/mol. The Balaban J connectivity index is 2.00. The highest BCUT2D eigenvalue weighted by Crippen LogP contribution is 2.49. The van der Waals surface area contributed by atoms with Crippen LogP contribution in [-0.2, 0) is 19.2 Å². The van der Waals surface area contributed by atoms with Gasteiger partial charge in [-0.2, -0.15) is 0 Å². The first-order valence-corrected chi connectivity index (χ1v) is 5.41. The van der Waals surface area contributed by atoms with E-state index in [2.05, 4.69) is 17.5 Å². The van der Waals surface area contributed by atoms with Crippen LogP contribution >= 0.6 is 24.4 Å². The summed E-state index contributed by atoms with van der Waals surface area (Å²) in [5.74, 6) is -1.03. The van der Waals surface area contributed by atoms with Crippen molar-refractivity contribution < 1.29 is 19.2 Å². The number of thiol groups is 1. The van der Waals surface area contributed by atoms with E-state index in [0.717, 1.165) is 0 Å². The fourth-order valence-electron chi connectivity index (χ4n) is 0.998. The molecule has 0 N–H and O–H groups in total. The molecule has 76 valence electrons. The SMILES string of the molecule is O=C1CCC(=O)N1OC(=O)C1(S)CS1. The number of imide groups is 1. The Kier molecular flexibility index (Phi) is 2.23. The van der Waals surface area contributed by atoms with Gasteiger partial charge in [0, 0.05) is 18.6 Å². The van der Waals surface area contributed by atoms with E-state index in [4.69, 9.17) is 0 Å². The average Bonchev–Trinajstić information content (AvgIpc) is 2.82. The highest BCUT2D eigenvalue weighted by molar-refractivity contribution is 8.20. The molecule has 1 unspecified atom stereocenters. The number of rotatable bonds is 2. The Labute approximate surface area is 89.5 Å². The Hall–Kier alpha value is -0.690. The molecule has 0 spiro atoms. The molecule has 0 aliphatic carbocycles. The number of thioether (sulfide) groups is 1. The normalized spacial score (nSPS) is 30.8. The third-order valence-corrected chi connectivity index (χ3v) is 3.88. The van der Waals surface area contributed by atoms with Crippen molar-refractivity contribution in [3.63, 3.8) is 0 Å². The van der Waals surface area contributed by atoms with Gasteiger partial charge in [-0.1, -0.05) is 0 Å². The quantitative estimate of drug-likeness (QED) is 0.412. The number of hydrogen-bond donors (Lipinski definition) is 1. The van der Waals surface area contributed by atoms with Gasteiger partial charge in [-0.25, -0.2) is 4.79 Å². The summed E-state index contributed by atoms with van der Waals surface area (Å²) in [6, 6.07) is 0. The first-order chi connectivity index (χ1) is 6.53.